The molecule has 0 saturated heterocycles. The monoisotopic (exact) mass is 239 g/mol. The van der Waals surface area contributed by atoms with Crippen LogP contribution in [0.2, 0.25) is 4.18 Å². The third kappa shape index (κ3) is 4.83. The topological polar surface area (TPSA) is 12.0 Å². The molecular formula is C3H9HfN. The predicted molar refractivity (Wildman–Crippen MR) is 19.5 cm³/mol. The van der Waals surface area contributed by atoms with Crippen LogP contribution in [0.25, 0.3) is 0 Å². The fraction of sp³-hybridized carbons (Fsp3) is 1.00. The van der Waals surface area contributed by atoms with Gasteiger partial charge in [-0.15, -0.1) is 0 Å². The molecule has 0 aliphatic heterocycles. The molecule has 0 aromatic heterocycles. The summed E-state index contributed by atoms with van der Waals surface area (Å²) in [5.41, 5.74) is 0. The van der Waals surface area contributed by atoms with Gasteiger partial charge >= 0.3 is 44.6 Å². The summed E-state index contributed by atoms with van der Waals surface area (Å²) in [7, 11) is 2.05. The Morgan fingerprint density at radius 2 is 2.40 bits per heavy atom. The van der Waals surface area contributed by atoms with Crippen molar-refractivity contribution in [2.24, 2.45) is 0 Å². The van der Waals surface area contributed by atoms with Crippen LogP contribution in [-0.4, -0.2) is 7.05 Å². The average Bonchev–Trinajstić information content (AvgIpc) is 1.41. The fourth-order valence-electron chi connectivity index (χ4n) is 0.177. The first-order valence-electron chi connectivity index (χ1n) is 1.81. The van der Waals surface area contributed by atoms with Gasteiger partial charge in [0.05, 0.1) is 0 Å². The summed E-state index contributed by atoms with van der Waals surface area (Å²) in [4.78, 5) is 0. The van der Waals surface area contributed by atoms with Crippen LogP contribution in [0, 0.1) is 0 Å². The zero-order valence-corrected chi connectivity index (χ0v) is 7.30. The van der Waals surface area contributed by atoms with Gasteiger partial charge in [0.15, 0.2) is 0 Å². The molecule has 0 radical (unpaired) electrons. The summed E-state index contributed by atoms with van der Waals surface area (Å²) in [6.45, 7) is 2.24. The zero-order valence-electron chi connectivity index (χ0n) is 3.71. The van der Waals surface area contributed by atoms with E-state index in [1.807, 2.05) is 7.05 Å². The molecule has 0 heterocycles. The molecule has 1 nitrogen and oxygen atoms in total. The second-order valence-electron chi connectivity index (χ2n) is 0.780. The standard InChI is InChI=1S/C2H5.CH4N.Hf/c2*1-2;/h1H2,2H3;2H,1H3;/q;-1;+1. The van der Waals surface area contributed by atoms with Crippen LogP contribution in [-0.2, 0) is 23.2 Å². The van der Waals surface area contributed by atoms with E-state index in [1.54, 1.807) is 0 Å². The van der Waals surface area contributed by atoms with Gasteiger partial charge < -0.3 is 0 Å². The quantitative estimate of drug-likeness (QED) is 0.695. The predicted octanol–water partition coefficient (Wildman–Crippen LogP) is 0.641. The van der Waals surface area contributed by atoms with Crippen molar-refractivity contribution in [3.05, 3.63) is 0 Å². The Morgan fingerprint density at radius 3 is 2.40 bits per heavy atom. The second kappa shape index (κ2) is 4.83. The molecule has 0 atom stereocenters. The fourth-order valence-corrected chi connectivity index (χ4v) is 1.45. The molecule has 0 aromatic carbocycles. The number of hydrogen-bond donors (Lipinski definition) is 1. The van der Waals surface area contributed by atoms with Crippen LogP contribution in [0.5, 0.6) is 0 Å². The third-order valence-corrected chi connectivity index (χ3v) is 2.89. The van der Waals surface area contributed by atoms with Crippen LogP contribution < -0.4 is 3.30 Å². The van der Waals surface area contributed by atoms with Crippen molar-refractivity contribution >= 4 is 0 Å². The molecule has 0 spiro atoms. The van der Waals surface area contributed by atoms with Gasteiger partial charge in [-0.2, -0.15) is 0 Å². The number of nitrogens with one attached hydrogen (secondary N) is 1. The van der Waals surface area contributed by atoms with E-state index in [2.05, 4.69) is 10.2 Å². The van der Waals surface area contributed by atoms with Gasteiger partial charge in [0, 0.05) is 0 Å². The molecule has 5 heavy (non-hydrogen) atoms. The Morgan fingerprint density at radius 1 is 1.80 bits per heavy atom. The Hall–Kier alpha value is 0.830. The van der Waals surface area contributed by atoms with Gasteiger partial charge in [-0.05, 0) is 0 Å². The maximum atomic E-state index is 3.21. The molecule has 0 bridgehead atoms. The van der Waals surface area contributed by atoms with Gasteiger partial charge in [0.1, 0.15) is 0 Å². The first kappa shape index (κ1) is 5.83. The molecule has 30 valence electrons. The minimum atomic E-state index is -0.201. The van der Waals surface area contributed by atoms with Gasteiger partial charge in [-0.25, -0.2) is 0 Å². The minimum absolute atomic E-state index is 0.201. The van der Waals surface area contributed by atoms with Crippen LogP contribution in [0.15, 0.2) is 0 Å². The Bertz CT molecular complexity index is 14.4. The normalized spacial score (nSPS) is 7.60. The SMILES string of the molecule is C[CH2][Hf][NH]C. The van der Waals surface area contributed by atoms with Crippen LogP contribution in [0.1, 0.15) is 6.92 Å². The summed E-state index contributed by atoms with van der Waals surface area (Å²) in [5.74, 6) is 0. The first-order valence-corrected chi connectivity index (χ1v) is 6.15. The van der Waals surface area contributed by atoms with E-state index < -0.39 is 0 Å². The molecule has 0 unspecified atom stereocenters. The molecule has 0 aromatic rings. The Labute approximate surface area is 44.9 Å². The zero-order chi connectivity index (χ0) is 4.12. The van der Waals surface area contributed by atoms with E-state index in [-0.39, 0.29) is 23.2 Å². The molecule has 0 amide bonds. The molecule has 2 heteroatoms. The van der Waals surface area contributed by atoms with Crippen molar-refractivity contribution in [2.75, 3.05) is 7.05 Å². The van der Waals surface area contributed by atoms with Crippen molar-refractivity contribution in [3.8, 4) is 0 Å². The number of hydrogen-bond acceptors (Lipinski definition) is 1. The van der Waals surface area contributed by atoms with Crippen molar-refractivity contribution < 1.29 is 23.2 Å². The molecule has 0 fully saturated rings. The summed E-state index contributed by atoms with van der Waals surface area (Å²) >= 11 is -0.201. The van der Waals surface area contributed by atoms with Gasteiger partial charge in [0.2, 0.25) is 0 Å². The van der Waals surface area contributed by atoms with Crippen molar-refractivity contribution in [1.29, 1.82) is 0 Å². The van der Waals surface area contributed by atoms with Gasteiger partial charge in [-0.1, -0.05) is 0 Å². The average molecular weight is 238 g/mol. The summed E-state index contributed by atoms with van der Waals surface area (Å²) in [6.07, 6.45) is 0. The van der Waals surface area contributed by atoms with E-state index in [4.69, 9.17) is 0 Å². The van der Waals surface area contributed by atoms with Crippen LogP contribution >= 0.6 is 0 Å². The molecule has 0 rings (SSSR count). The molecule has 0 saturated carbocycles. The maximum absolute atomic E-state index is 3.21. The van der Waals surface area contributed by atoms with Gasteiger partial charge in [-0.3, -0.25) is 0 Å². The summed E-state index contributed by atoms with van der Waals surface area (Å²) in [6, 6.07) is 0. The molecule has 0 aliphatic carbocycles. The van der Waals surface area contributed by atoms with Crippen LogP contribution in [0.4, 0.5) is 0 Å². The first-order chi connectivity index (χ1) is 2.41. The van der Waals surface area contributed by atoms with Crippen molar-refractivity contribution in [2.45, 2.75) is 11.1 Å². The second-order valence-corrected chi connectivity index (χ2v) is 6.39. The van der Waals surface area contributed by atoms with Crippen molar-refractivity contribution in [3.63, 3.8) is 0 Å². The van der Waals surface area contributed by atoms with E-state index in [9.17, 15) is 0 Å². The third-order valence-electron chi connectivity index (χ3n) is 0.354. The molecular weight excluding hydrogens is 229 g/mol. The van der Waals surface area contributed by atoms with Gasteiger partial charge in [0.25, 0.3) is 0 Å². The summed E-state index contributed by atoms with van der Waals surface area (Å²) in [5, 5.41) is 0. The molecule has 0 aliphatic rings. The van der Waals surface area contributed by atoms with Crippen molar-refractivity contribution in [1.82, 2.24) is 3.30 Å². The number of rotatable bonds is 2. The van der Waals surface area contributed by atoms with E-state index in [0.29, 0.717) is 0 Å². The Kier molecular flexibility index (Phi) is 5.63. The van der Waals surface area contributed by atoms with E-state index in [1.165, 1.54) is 4.18 Å². The summed E-state index contributed by atoms with van der Waals surface area (Å²) < 4.78 is 4.64. The Balaban J connectivity index is 2.19. The van der Waals surface area contributed by atoms with E-state index in [0.717, 1.165) is 0 Å². The van der Waals surface area contributed by atoms with Crippen LogP contribution in [0.3, 0.4) is 0 Å². The molecule has 1 N–H and O–H groups in total. The van der Waals surface area contributed by atoms with E-state index >= 15 is 0 Å².